The van der Waals surface area contributed by atoms with Gasteiger partial charge in [-0.3, -0.25) is 15.1 Å². The molecule has 0 spiro atoms. The Morgan fingerprint density at radius 2 is 1.70 bits per heavy atom. The average molecular weight is 363 g/mol. The lowest BCUT2D eigenvalue weighted by molar-refractivity contribution is -0.384. The highest BCUT2D eigenvalue weighted by Crippen LogP contribution is 2.26. The van der Waals surface area contributed by atoms with Gasteiger partial charge in [-0.05, 0) is 43.7 Å². The van der Waals surface area contributed by atoms with Gasteiger partial charge >= 0.3 is 0 Å². The summed E-state index contributed by atoms with van der Waals surface area (Å²) in [5, 5.41) is 15.3. The van der Waals surface area contributed by atoms with E-state index in [1.807, 2.05) is 63.3 Å². The summed E-state index contributed by atoms with van der Waals surface area (Å²) in [7, 11) is 4.00. The molecule has 0 saturated heterocycles. The molecule has 0 aliphatic rings. The summed E-state index contributed by atoms with van der Waals surface area (Å²) < 4.78 is 1.75. The standard InChI is InChI=1S/C20H21N5O2/c1-14-20(21-13-16-5-7-17(8-6-16)23(3)4)15(2)24(22-14)18-9-11-19(12-10-18)25(26)27/h5-13H,1-4H3. The van der Waals surface area contributed by atoms with Crippen LogP contribution in [0.25, 0.3) is 5.69 Å². The highest BCUT2D eigenvalue weighted by Gasteiger charge is 2.13. The Bertz CT molecular complexity index is 986. The van der Waals surface area contributed by atoms with Crippen molar-refractivity contribution in [3.8, 4) is 5.69 Å². The molecule has 2 aromatic carbocycles. The topological polar surface area (TPSA) is 76.6 Å². The first-order chi connectivity index (χ1) is 12.9. The van der Waals surface area contributed by atoms with Crippen molar-refractivity contribution >= 4 is 23.3 Å². The number of benzene rings is 2. The molecule has 1 aromatic heterocycles. The number of aromatic nitrogens is 2. The number of nitro benzene ring substituents is 1. The Labute approximate surface area is 157 Å². The summed E-state index contributed by atoms with van der Waals surface area (Å²) in [5.74, 6) is 0. The Morgan fingerprint density at radius 1 is 1.07 bits per heavy atom. The van der Waals surface area contributed by atoms with Crippen molar-refractivity contribution in [3.05, 3.63) is 75.6 Å². The number of nitrogens with zero attached hydrogens (tertiary/aromatic N) is 5. The van der Waals surface area contributed by atoms with Crippen LogP contribution in [0, 0.1) is 24.0 Å². The van der Waals surface area contributed by atoms with E-state index < -0.39 is 4.92 Å². The van der Waals surface area contributed by atoms with Crippen molar-refractivity contribution in [2.24, 2.45) is 4.99 Å². The summed E-state index contributed by atoms with van der Waals surface area (Å²) in [6.07, 6.45) is 1.82. The van der Waals surface area contributed by atoms with Gasteiger partial charge in [0.25, 0.3) is 5.69 Å². The van der Waals surface area contributed by atoms with Crippen LogP contribution in [0.5, 0.6) is 0 Å². The molecule has 1 heterocycles. The second kappa shape index (κ2) is 7.41. The molecule has 7 heteroatoms. The molecule has 3 aromatic rings. The molecule has 0 unspecified atom stereocenters. The summed E-state index contributed by atoms with van der Waals surface area (Å²) >= 11 is 0. The Kier molecular flexibility index (Phi) is 5.03. The lowest BCUT2D eigenvalue weighted by Gasteiger charge is -2.11. The third kappa shape index (κ3) is 3.87. The van der Waals surface area contributed by atoms with E-state index in [9.17, 15) is 10.1 Å². The lowest BCUT2D eigenvalue weighted by Crippen LogP contribution is -2.08. The zero-order valence-corrected chi connectivity index (χ0v) is 15.7. The van der Waals surface area contributed by atoms with E-state index in [1.54, 1.807) is 16.8 Å². The Morgan fingerprint density at radius 3 is 2.26 bits per heavy atom. The number of hydrogen-bond donors (Lipinski definition) is 0. The molecule has 7 nitrogen and oxygen atoms in total. The fraction of sp³-hybridized carbons (Fsp3) is 0.200. The number of aliphatic imine (C=N–C) groups is 1. The smallest absolute Gasteiger partial charge is 0.269 e. The molecule has 0 aliphatic carbocycles. The van der Waals surface area contributed by atoms with Crippen molar-refractivity contribution in [2.45, 2.75) is 13.8 Å². The molecule has 27 heavy (non-hydrogen) atoms. The molecule has 0 N–H and O–H groups in total. The number of rotatable bonds is 5. The third-order valence-electron chi connectivity index (χ3n) is 4.31. The monoisotopic (exact) mass is 363 g/mol. The van der Waals surface area contributed by atoms with Crippen LogP contribution in [0.1, 0.15) is 17.0 Å². The highest BCUT2D eigenvalue weighted by molar-refractivity contribution is 5.83. The average Bonchev–Trinajstić information content (AvgIpc) is 2.94. The number of hydrogen-bond acceptors (Lipinski definition) is 5. The molecular formula is C20H21N5O2. The van der Waals surface area contributed by atoms with E-state index in [-0.39, 0.29) is 5.69 Å². The van der Waals surface area contributed by atoms with E-state index in [0.29, 0.717) is 0 Å². The van der Waals surface area contributed by atoms with Crippen LogP contribution >= 0.6 is 0 Å². The van der Waals surface area contributed by atoms with Crippen LogP contribution in [0.4, 0.5) is 17.1 Å². The molecule has 0 atom stereocenters. The van der Waals surface area contributed by atoms with Crippen LogP contribution in [0.3, 0.4) is 0 Å². The molecule has 0 fully saturated rings. The molecule has 0 bridgehead atoms. The van der Waals surface area contributed by atoms with Crippen molar-refractivity contribution < 1.29 is 4.92 Å². The van der Waals surface area contributed by atoms with Gasteiger partial charge in [-0.15, -0.1) is 0 Å². The summed E-state index contributed by atoms with van der Waals surface area (Å²) in [6, 6.07) is 14.4. The van der Waals surface area contributed by atoms with Gasteiger partial charge in [-0.25, -0.2) is 4.68 Å². The van der Waals surface area contributed by atoms with E-state index >= 15 is 0 Å². The highest BCUT2D eigenvalue weighted by atomic mass is 16.6. The molecule has 0 saturated carbocycles. The normalized spacial score (nSPS) is 11.1. The maximum Gasteiger partial charge on any atom is 0.269 e. The van der Waals surface area contributed by atoms with Gasteiger partial charge in [0, 0.05) is 38.1 Å². The molecule has 0 amide bonds. The Hall–Kier alpha value is -3.48. The molecule has 0 radical (unpaired) electrons. The lowest BCUT2D eigenvalue weighted by atomic mass is 10.2. The minimum atomic E-state index is -0.414. The van der Waals surface area contributed by atoms with Gasteiger partial charge in [0.2, 0.25) is 0 Å². The zero-order chi connectivity index (χ0) is 19.6. The quantitative estimate of drug-likeness (QED) is 0.386. The maximum atomic E-state index is 10.8. The number of aryl methyl sites for hydroxylation is 1. The fourth-order valence-electron chi connectivity index (χ4n) is 2.79. The van der Waals surface area contributed by atoms with E-state index in [0.717, 1.165) is 34.0 Å². The van der Waals surface area contributed by atoms with Gasteiger partial charge in [0.05, 0.1) is 22.0 Å². The minimum absolute atomic E-state index is 0.0553. The van der Waals surface area contributed by atoms with Gasteiger partial charge < -0.3 is 4.90 Å². The maximum absolute atomic E-state index is 10.8. The van der Waals surface area contributed by atoms with Crippen molar-refractivity contribution in [2.75, 3.05) is 19.0 Å². The predicted molar refractivity (Wildman–Crippen MR) is 108 cm³/mol. The minimum Gasteiger partial charge on any atom is -0.378 e. The second-order valence-corrected chi connectivity index (χ2v) is 6.45. The molecule has 0 aliphatic heterocycles. The predicted octanol–water partition coefficient (Wildman–Crippen LogP) is 4.21. The van der Waals surface area contributed by atoms with E-state index in [1.165, 1.54) is 12.1 Å². The van der Waals surface area contributed by atoms with Gasteiger partial charge in [-0.2, -0.15) is 5.10 Å². The fourth-order valence-corrected chi connectivity index (χ4v) is 2.79. The summed E-state index contributed by atoms with van der Waals surface area (Å²) in [5.41, 5.74) is 5.42. The molecular weight excluding hydrogens is 342 g/mol. The van der Waals surface area contributed by atoms with Gasteiger partial charge in [0.15, 0.2) is 0 Å². The SMILES string of the molecule is Cc1nn(-c2ccc([N+](=O)[O-])cc2)c(C)c1N=Cc1ccc(N(C)C)cc1. The van der Waals surface area contributed by atoms with Crippen LogP contribution < -0.4 is 4.90 Å². The van der Waals surface area contributed by atoms with Crippen molar-refractivity contribution in [1.29, 1.82) is 0 Å². The van der Waals surface area contributed by atoms with E-state index in [2.05, 4.69) is 10.1 Å². The van der Waals surface area contributed by atoms with Crippen LogP contribution in [0.2, 0.25) is 0 Å². The number of nitro groups is 1. The first-order valence-corrected chi connectivity index (χ1v) is 8.49. The van der Waals surface area contributed by atoms with Crippen LogP contribution in [0.15, 0.2) is 53.5 Å². The Balaban J connectivity index is 1.88. The first-order valence-electron chi connectivity index (χ1n) is 8.49. The largest absolute Gasteiger partial charge is 0.378 e. The third-order valence-corrected chi connectivity index (χ3v) is 4.31. The number of anilines is 1. The second-order valence-electron chi connectivity index (χ2n) is 6.45. The first kappa shape index (κ1) is 18.3. The van der Waals surface area contributed by atoms with Crippen LogP contribution in [-0.2, 0) is 0 Å². The van der Waals surface area contributed by atoms with Gasteiger partial charge in [-0.1, -0.05) is 12.1 Å². The van der Waals surface area contributed by atoms with E-state index in [4.69, 9.17) is 0 Å². The van der Waals surface area contributed by atoms with Crippen LogP contribution in [-0.4, -0.2) is 35.0 Å². The van der Waals surface area contributed by atoms with Gasteiger partial charge in [0.1, 0.15) is 5.69 Å². The molecule has 138 valence electrons. The summed E-state index contributed by atoms with van der Waals surface area (Å²) in [6.45, 7) is 3.83. The number of non-ortho nitro benzene ring substituents is 1. The summed E-state index contributed by atoms with van der Waals surface area (Å²) in [4.78, 5) is 17.1. The van der Waals surface area contributed by atoms with Crippen molar-refractivity contribution in [3.63, 3.8) is 0 Å². The van der Waals surface area contributed by atoms with Crippen molar-refractivity contribution in [1.82, 2.24) is 9.78 Å². The molecule has 3 rings (SSSR count). The zero-order valence-electron chi connectivity index (χ0n) is 15.7.